The largest absolute Gasteiger partial charge is 0.382 e. The third-order valence-electron chi connectivity index (χ3n) is 4.15. The Balaban J connectivity index is 2.09. The van der Waals surface area contributed by atoms with Crippen molar-refractivity contribution >= 4 is 11.6 Å². The highest BCUT2D eigenvalue weighted by Crippen LogP contribution is 2.25. The van der Waals surface area contributed by atoms with Crippen molar-refractivity contribution in [2.45, 2.75) is 45.8 Å². The SMILES string of the molecule is CNC(=O)c1ccc(C)c(NC2CCOC(C(C)C)C2)c1. The minimum Gasteiger partial charge on any atom is -0.382 e. The first-order valence-corrected chi connectivity index (χ1v) is 7.72. The predicted molar refractivity (Wildman–Crippen MR) is 85.8 cm³/mol. The zero-order valence-corrected chi connectivity index (χ0v) is 13.4. The topological polar surface area (TPSA) is 50.4 Å². The molecule has 0 radical (unpaired) electrons. The van der Waals surface area contributed by atoms with Crippen LogP contribution in [0.15, 0.2) is 18.2 Å². The van der Waals surface area contributed by atoms with Gasteiger partial charge in [-0.3, -0.25) is 4.79 Å². The van der Waals surface area contributed by atoms with Gasteiger partial charge in [-0.2, -0.15) is 0 Å². The van der Waals surface area contributed by atoms with E-state index in [2.05, 4.69) is 31.4 Å². The number of ether oxygens (including phenoxy) is 1. The number of carbonyl (C=O) groups excluding carboxylic acids is 1. The van der Waals surface area contributed by atoms with Gasteiger partial charge < -0.3 is 15.4 Å². The lowest BCUT2D eigenvalue weighted by Crippen LogP contribution is -2.36. The van der Waals surface area contributed by atoms with Crippen molar-refractivity contribution in [2.75, 3.05) is 19.0 Å². The smallest absolute Gasteiger partial charge is 0.251 e. The van der Waals surface area contributed by atoms with Crippen LogP contribution in [0.1, 0.15) is 42.6 Å². The predicted octanol–water partition coefficient (Wildman–Crippen LogP) is 2.97. The van der Waals surface area contributed by atoms with Gasteiger partial charge >= 0.3 is 0 Å². The molecule has 2 N–H and O–H groups in total. The van der Waals surface area contributed by atoms with Crippen LogP contribution in [0.5, 0.6) is 0 Å². The summed E-state index contributed by atoms with van der Waals surface area (Å²) in [4.78, 5) is 11.8. The van der Waals surface area contributed by atoms with Crippen LogP contribution in [0.2, 0.25) is 0 Å². The Labute approximate surface area is 127 Å². The molecule has 2 unspecified atom stereocenters. The van der Waals surface area contributed by atoms with E-state index < -0.39 is 0 Å². The quantitative estimate of drug-likeness (QED) is 0.896. The molecule has 1 aliphatic rings. The van der Waals surface area contributed by atoms with Gasteiger partial charge in [-0.05, 0) is 43.4 Å². The molecular formula is C17H26N2O2. The summed E-state index contributed by atoms with van der Waals surface area (Å²) in [7, 11) is 1.65. The van der Waals surface area contributed by atoms with E-state index >= 15 is 0 Å². The number of hydrogen-bond donors (Lipinski definition) is 2. The summed E-state index contributed by atoms with van der Waals surface area (Å²) in [5.74, 6) is 0.484. The van der Waals surface area contributed by atoms with Gasteiger partial charge in [-0.15, -0.1) is 0 Å². The van der Waals surface area contributed by atoms with Crippen molar-refractivity contribution in [3.05, 3.63) is 29.3 Å². The Morgan fingerprint density at radius 2 is 2.14 bits per heavy atom. The molecular weight excluding hydrogens is 264 g/mol. The fourth-order valence-electron chi connectivity index (χ4n) is 2.71. The van der Waals surface area contributed by atoms with E-state index in [1.165, 1.54) is 0 Å². The highest BCUT2D eigenvalue weighted by molar-refractivity contribution is 5.95. The van der Waals surface area contributed by atoms with Gasteiger partial charge in [0, 0.05) is 30.9 Å². The summed E-state index contributed by atoms with van der Waals surface area (Å²) < 4.78 is 5.81. The number of carbonyl (C=O) groups is 1. The second-order valence-corrected chi connectivity index (χ2v) is 6.13. The number of rotatable bonds is 4. The first-order valence-electron chi connectivity index (χ1n) is 7.72. The monoisotopic (exact) mass is 290 g/mol. The molecule has 1 aliphatic heterocycles. The molecule has 0 bridgehead atoms. The van der Waals surface area contributed by atoms with E-state index in [4.69, 9.17) is 4.74 Å². The van der Waals surface area contributed by atoms with Gasteiger partial charge in [-0.25, -0.2) is 0 Å². The van der Waals surface area contributed by atoms with E-state index in [0.29, 0.717) is 23.6 Å². The van der Waals surface area contributed by atoms with Crippen LogP contribution in [0.3, 0.4) is 0 Å². The average Bonchev–Trinajstić information content (AvgIpc) is 2.49. The number of anilines is 1. The van der Waals surface area contributed by atoms with Crippen LogP contribution in [-0.4, -0.2) is 31.7 Å². The van der Waals surface area contributed by atoms with Crippen LogP contribution in [0, 0.1) is 12.8 Å². The Bertz CT molecular complexity index is 500. The van der Waals surface area contributed by atoms with Crippen molar-refractivity contribution in [1.29, 1.82) is 0 Å². The maximum atomic E-state index is 11.8. The van der Waals surface area contributed by atoms with Crippen molar-refractivity contribution in [1.82, 2.24) is 5.32 Å². The second kappa shape index (κ2) is 6.94. The summed E-state index contributed by atoms with van der Waals surface area (Å²) in [5, 5.41) is 6.26. The number of benzene rings is 1. The van der Waals surface area contributed by atoms with E-state index in [-0.39, 0.29) is 5.91 Å². The summed E-state index contributed by atoms with van der Waals surface area (Å²) in [6.07, 6.45) is 2.34. The molecule has 4 nitrogen and oxygen atoms in total. The minimum atomic E-state index is -0.0508. The molecule has 0 spiro atoms. The standard InChI is InChI=1S/C17H26N2O2/c1-11(2)16-10-14(7-8-21-16)19-15-9-13(17(20)18-4)6-5-12(15)3/h5-6,9,11,14,16,19H,7-8,10H2,1-4H3,(H,18,20). The molecule has 0 saturated carbocycles. The zero-order chi connectivity index (χ0) is 15.4. The summed E-state index contributed by atoms with van der Waals surface area (Å²) in [6, 6.07) is 6.20. The van der Waals surface area contributed by atoms with Crippen LogP contribution in [0.25, 0.3) is 0 Å². The average molecular weight is 290 g/mol. The van der Waals surface area contributed by atoms with Gasteiger partial charge in [0.1, 0.15) is 0 Å². The maximum Gasteiger partial charge on any atom is 0.251 e. The molecule has 1 heterocycles. The van der Waals surface area contributed by atoms with E-state index in [1.807, 2.05) is 18.2 Å². The molecule has 116 valence electrons. The Morgan fingerprint density at radius 3 is 2.81 bits per heavy atom. The maximum absolute atomic E-state index is 11.8. The molecule has 0 aliphatic carbocycles. The van der Waals surface area contributed by atoms with Crippen LogP contribution >= 0.6 is 0 Å². The van der Waals surface area contributed by atoms with Crippen molar-refractivity contribution in [3.63, 3.8) is 0 Å². The number of amides is 1. The Morgan fingerprint density at radius 1 is 1.38 bits per heavy atom. The highest BCUT2D eigenvalue weighted by atomic mass is 16.5. The first-order chi connectivity index (χ1) is 10.0. The number of hydrogen-bond acceptors (Lipinski definition) is 3. The molecule has 1 aromatic carbocycles. The summed E-state index contributed by atoms with van der Waals surface area (Å²) >= 11 is 0. The number of nitrogens with one attached hydrogen (secondary N) is 2. The van der Waals surface area contributed by atoms with E-state index in [1.54, 1.807) is 7.05 Å². The lowest BCUT2D eigenvalue weighted by Gasteiger charge is -2.33. The lowest BCUT2D eigenvalue weighted by molar-refractivity contribution is -0.0160. The highest BCUT2D eigenvalue weighted by Gasteiger charge is 2.25. The van der Waals surface area contributed by atoms with Gasteiger partial charge in [-0.1, -0.05) is 19.9 Å². The van der Waals surface area contributed by atoms with Crippen molar-refractivity contribution in [3.8, 4) is 0 Å². The van der Waals surface area contributed by atoms with Crippen LogP contribution < -0.4 is 10.6 Å². The molecule has 2 atom stereocenters. The zero-order valence-electron chi connectivity index (χ0n) is 13.4. The third-order valence-corrected chi connectivity index (χ3v) is 4.15. The summed E-state index contributed by atoms with van der Waals surface area (Å²) in [6.45, 7) is 7.26. The first kappa shape index (κ1) is 15.8. The number of aryl methyl sites for hydroxylation is 1. The molecule has 1 fully saturated rings. The third kappa shape index (κ3) is 3.97. The molecule has 0 aromatic heterocycles. The minimum absolute atomic E-state index is 0.0508. The Hall–Kier alpha value is -1.55. The molecule has 1 saturated heterocycles. The fraction of sp³-hybridized carbons (Fsp3) is 0.588. The molecule has 4 heteroatoms. The second-order valence-electron chi connectivity index (χ2n) is 6.13. The van der Waals surface area contributed by atoms with E-state index in [9.17, 15) is 4.79 Å². The van der Waals surface area contributed by atoms with Gasteiger partial charge in [0.15, 0.2) is 0 Å². The molecule has 1 aromatic rings. The lowest BCUT2D eigenvalue weighted by atomic mass is 9.95. The summed E-state index contributed by atoms with van der Waals surface area (Å²) in [5.41, 5.74) is 2.90. The van der Waals surface area contributed by atoms with Gasteiger partial charge in [0.25, 0.3) is 5.91 Å². The molecule has 21 heavy (non-hydrogen) atoms. The van der Waals surface area contributed by atoms with Crippen molar-refractivity contribution in [2.24, 2.45) is 5.92 Å². The molecule has 2 rings (SSSR count). The fourth-order valence-corrected chi connectivity index (χ4v) is 2.71. The van der Waals surface area contributed by atoms with Crippen LogP contribution in [-0.2, 0) is 4.74 Å². The Kier molecular flexibility index (Phi) is 5.23. The molecule has 1 amide bonds. The van der Waals surface area contributed by atoms with Gasteiger partial charge in [0.2, 0.25) is 0 Å². The van der Waals surface area contributed by atoms with Crippen molar-refractivity contribution < 1.29 is 9.53 Å². The van der Waals surface area contributed by atoms with Crippen LogP contribution in [0.4, 0.5) is 5.69 Å². The van der Waals surface area contributed by atoms with Gasteiger partial charge in [0.05, 0.1) is 6.10 Å². The normalized spacial score (nSPS) is 22.1. The van der Waals surface area contributed by atoms with E-state index in [0.717, 1.165) is 30.7 Å².